The molecule has 0 aliphatic rings. The van der Waals surface area contributed by atoms with Crippen LogP contribution in [0, 0.1) is 5.41 Å². The third-order valence-electron chi connectivity index (χ3n) is 3.43. The number of hydrogen-bond donors (Lipinski definition) is 3. The Hall–Kier alpha value is -1.59. The quantitative estimate of drug-likeness (QED) is 0.764. The van der Waals surface area contributed by atoms with Gasteiger partial charge in [0.2, 0.25) is 0 Å². The van der Waals surface area contributed by atoms with Crippen molar-refractivity contribution in [2.75, 3.05) is 6.54 Å². The standard InChI is InChI=1S/C13H19N3O2/c1-13(2,5-6-14)11(15)8-3-4-9-10(7-8)18-12(17)16-9/h3-4,7,11H,5-6,14-15H2,1-2H3,(H,16,17). The van der Waals surface area contributed by atoms with Gasteiger partial charge in [-0.05, 0) is 36.1 Å². The van der Waals surface area contributed by atoms with Crippen LogP contribution in [0.2, 0.25) is 0 Å². The Morgan fingerprint density at radius 2 is 2.17 bits per heavy atom. The lowest BCUT2D eigenvalue weighted by Gasteiger charge is -2.31. The van der Waals surface area contributed by atoms with Crippen molar-refractivity contribution in [3.63, 3.8) is 0 Å². The molecule has 5 nitrogen and oxygen atoms in total. The number of benzene rings is 1. The Kier molecular flexibility index (Phi) is 3.28. The van der Waals surface area contributed by atoms with Crippen LogP contribution < -0.4 is 17.2 Å². The highest BCUT2D eigenvalue weighted by atomic mass is 16.4. The molecule has 0 saturated heterocycles. The molecule has 0 fully saturated rings. The van der Waals surface area contributed by atoms with Crippen LogP contribution in [0.15, 0.2) is 27.4 Å². The maximum Gasteiger partial charge on any atom is 0.417 e. The minimum Gasteiger partial charge on any atom is -0.408 e. The van der Waals surface area contributed by atoms with Crippen molar-refractivity contribution in [1.29, 1.82) is 0 Å². The molecule has 1 unspecified atom stereocenters. The van der Waals surface area contributed by atoms with Crippen molar-refractivity contribution < 1.29 is 4.42 Å². The molecule has 1 aromatic carbocycles. The van der Waals surface area contributed by atoms with Crippen molar-refractivity contribution in [3.8, 4) is 0 Å². The van der Waals surface area contributed by atoms with Gasteiger partial charge >= 0.3 is 5.76 Å². The Bertz CT molecular complexity index is 598. The summed E-state index contributed by atoms with van der Waals surface area (Å²) < 4.78 is 5.04. The number of aromatic amines is 1. The molecule has 2 rings (SSSR count). The fourth-order valence-corrected chi connectivity index (χ4v) is 2.13. The smallest absolute Gasteiger partial charge is 0.408 e. The first-order valence-corrected chi connectivity index (χ1v) is 6.02. The summed E-state index contributed by atoms with van der Waals surface area (Å²) in [4.78, 5) is 13.7. The van der Waals surface area contributed by atoms with Gasteiger partial charge in [0.1, 0.15) is 0 Å². The summed E-state index contributed by atoms with van der Waals surface area (Å²) in [6.45, 7) is 4.77. The van der Waals surface area contributed by atoms with Gasteiger partial charge < -0.3 is 15.9 Å². The zero-order chi connectivity index (χ0) is 13.3. The molecule has 0 saturated carbocycles. The van der Waals surface area contributed by atoms with E-state index in [1.165, 1.54) is 0 Å². The number of fused-ring (bicyclic) bond motifs is 1. The molecule has 1 heterocycles. The Morgan fingerprint density at radius 3 is 2.83 bits per heavy atom. The predicted octanol–water partition coefficient (Wildman–Crippen LogP) is 1.50. The maximum atomic E-state index is 11.1. The molecule has 1 aromatic heterocycles. The average molecular weight is 249 g/mol. The lowest BCUT2D eigenvalue weighted by atomic mass is 9.78. The van der Waals surface area contributed by atoms with E-state index in [1.54, 1.807) is 0 Å². The minimum absolute atomic E-state index is 0.0982. The fraction of sp³-hybridized carbons (Fsp3) is 0.462. The van der Waals surface area contributed by atoms with Gasteiger partial charge in [0.15, 0.2) is 5.58 Å². The topological polar surface area (TPSA) is 98.0 Å². The van der Waals surface area contributed by atoms with Crippen molar-refractivity contribution in [3.05, 3.63) is 34.3 Å². The van der Waals surface area contributed by atoms with Crippen LogP contribution in [0.1, 0.15) is 31.9 Å². The molecular weight excluding hydrogens is 230 g/mol. The molecule has 5 N–H and O–H groups in total. The number of oxazole rings is 1. The molecule has 0 amide bonds. The summed E-state index contributed by atoms with van der Waals surface area (Å²) >= 11 is 0. The van der Waals surface area contributed by atoms with E-state index in [-0.39, 0.29) is 11.5 Å². The molecule has 0 spiro atoms. The van der Waals surface area contributed by atoms with Gasteiger partial charge in [-0.1, -0.05) is 19.9 Å². The third kappa shape index (κ3) is 2.32. The van der Waals surface area contributed by atoms with E-state index in [9.17, 15) is 4.79 Å². The number of nitrogens with one attached hydrogen (secondary N) is 1. The molecule has 0 aliphatic heterocycles. The molecule has 0 aliphatic carbocycles. The minimum atomic E-state index is -0.447. The van der Waals surface area contributed by atoms with E-state index in [4.69, 9.17) is 15.9 Å². The molecule has 98 valence electrons. The van der Waals surface area contributed by atoms with Gasteiger partial charge in [0, 0.05) is 6.04 Å². The average Bonchev–Trinajstić information content (AvgIpc) is 2.66. The SMILES string of the molecule is CC(C)(CCN)C(N)c1ccc2[nH]c(=O)oc2c1. The summed E-state index contributed by atoms with van der Waals surface area (Å²) in [5.41, 5.74) is 14.0. The highest BCUT2D eigenvalue weighted by molar-refractivity contribution is 5.72. The van der Waals surface area contributed by atoms with E-state index in [2.05, 4.69) is 18.8 Å². The molecule has 5 heteroatoms. The summed E-state index contributed by atoms with van der Waals surface area (Å²) in [6.07, 6.45) is 0.837. The van der Waals surface area contributed by atoms with Crippen LogP contribution in [0.3, 0.4) is 0 Å². The van der Waals surface area contributed by atoms with Crippen molar-refractivity contribution in [2.24, 2.45) is 16.9 Å². The lowest BCUT2D eigenvalue weighted by Crippen LogP contribution is -2.31. The second-order valence-electron chi connectivity index (χ2n) is 5.28. The van der Waals surface area contributed by atoms with Gasteiger partial charge in [0.05, 0.1) is 5.52 Å². The van der Waals surface area contributed by atoms with Crippen LogP contribution in [0.5, 0.6) is 0 Å². The van der Waals surface area contributed by atoms with E-state index in [1.807, 2.05) is 18.2 Å². The normalized spacial score (nSPS) is 14.0. The second kappa shape index (κ2) is 4.59. The maximum absolute atomic E-state index is 11.1. The zero-order valence-corrected chi connectivity index (χ0v) is 10.7. The number of rotatable bonds is 4. The van der Waals surface area contributed by atoms with E-state index in [0.29, 0.717) is 17.6 Å². The fourth-order valence-electron chi connectivity index (χ4n) is 2.13. The number of H-pyrrole nitrogens is 1. The molecule has 0 radical (unpaired) electrons. The highest BCUT2D eigenvalue weighted by Crippen LogP contribution is 2.34. The van der Waals surface area contributed by atoms with Crippen LogP contribution >= 0.6 is 0 Å². The first-order valence-electron chi connectivity index (χ1n) is 6.02. The Balaban J connectivity index is 2.38. The van der Waals surface area contributed by atoms with Gasteiger partial charge in [-0.15, -0.1) is 0 Å². The molecular formula is C13H19N3O2. The summed E-state index contributed by atoms with van der Waals surface area (Å²) in [6, 6.07) is 5.39. The monoisotopic (exact) mass is 249 g/mol. The lowest BCUT2D eigenvalue weighted by molar-refractivity contribution is 0.271. The Morgan fingerprint density at radius 1 is 1.44 bits per heavy atom. The van der Waals surface area contributed by atoms with Gasteiger partial charge in [-0.25, -0.2) is 4.79 Å². The highest BCUT2D eigenvalue weighted by Gasteiger charge is 2.27. The Labute approximate surface area is 105 Å². The molecule has 1 atom stereocenters. The van der Waals surface area contributed by atoms with Crippen LogP contribution in [-0.2, 0) is 0 Å². The van der Waals surface area contributed by atoms with E-state index >= 15 is 0 Å². The van der Waals surface area contributed by atoms with E-state index in [0.717, 1.165) is 12.0 Å². The van der Waals surface area contributed by atoms with E-state index < -0.39 is 5.76 Å². The summed E-state index contributed by atoms with van der Waals surface area (Å²) in [5.74, 6) is -0.447. The largest absolute Gasteiger partial charge is 0.417 e. The molecule has 0 bridgehead atoms. The molecule has 2 aromatic rings. The first kappa shape index (κ1) is 12.9. The van der Waals surface area contributed by atoms with Gasteiger partial charge in [0.25, 0.3) is 0 Å². The number of aromatic nitrogens is 1. The second-order valence-corrected chi connectivity index (χ2v) is 5.28. The van der Waals surface area contributed by atoms with Crippen LogP contribution in [0.4, 0.5) is 0 Å². The van der Waals surface area contributed by atoms with Crippen LogP contribution in [-0.4, -0.2) is 11.5 Å². The molecule has 18 heavy (non-hydrogen) atoms. The first-order chi connectivity index (χ1) is 8.44. The van der Waals surface area contributed by atoms with Crippen molar-refractivity contribution in [2.45, 2.75) is 26.3 Å². The van der Waals surface area contributed by atoms with Crippen molar-refractivity contribution in [1.82, 2.24) is 4.98 Å². The van der Waals surface area contributed by atoms with Gasteiger partial charge in [-0.2, -0.15) is 0 Å². The number of nitrogens with two attached hydrogens (primary N) is 2. The zero-order valence-electron chi connectivity index (χ0n) is 10.7. The third-order valence-corrected chi connectivity index (χ3v) is 3.43. The summed E-state index contributed by atoms with van der Waals surface area (Å²) in [5, 5.41) is 0. The van der Waals surface area contributed by atoms with Crippen LogP contribution in [0.25, 0.3) is 11.1 Å². The predicted molar refractivity (Wildman–Crippen MR) is 71.2 cm³/mol. The summed E-state index contributed by atoms with van der Waals surface area (Å²) in [7, 11) is 0. The van der Waals surface area contributed by atoms with Crippen molar-refractivity contribution >= 4 is 11.1 Å². The van der Waals surface area contributed by atoms with Gasteiger partial charge in [-0.3, -0.25) is 4.98 Å². The number of hydrogen-bond acceptors (Lipinski definition) is 4.